The van der Waals surface area contributed by atoms with E-state index in [2.05, 4.69) is 10.6 Å². The molecule has 0 aromatic heterocycles. The molecule has 0 spiro atoms. The van der Waals surface area contributed by atoms with Crippen molar-refractivity contribution in [3.05, 3.63) is 35.4 Å². The molecule has 0 aliphatic carbocycles. The topological polar surface area (TPSA) is 84.2 Å². The van der Waals surface area contributed by atoms with Gasteiger partial charge in [-0.05, 0) is 31.2 Å². The molecule has 0 saturated carbocycles. The van der Waals surface area contributed by atoms with Gasteiger partial charge in [0.05, 0.1) is 0 Å². The van der Waals surface area contributed by atoms with E-state index in [1.165, 1.54) is 0 Å². The first-order valence-electron chi connectivity index (χ1n) is 6.35. The molecule has 5 heteroatoms. The van der Waals surface area contributed by atoms with Gasteiger partial charge < -0.3 is 16.4 Å². The molecule has 0 aliphatic rings. The zero-order chi connectivity index (χ0) is 14.3. The summed E-state index contributed by atoms with van der Waals surface area (Å²) in [6.45, 7) is 3.08. The summed E-state index contributed by atoms with van der Waals surface area (Å²) >= 11 is 0. The van der Waals surface area contributed by atoms with Crippen LogP contribution in [0.5, 0.6) is 0 Å². The number of primary amides is 1. The Bertz CT molecular complexity index is 446. The van der Waals surface area contributed by atoms with Gasteiger partial charge in [0.25, 0.3) is 0 Å². The predicted molar refractivity (Wildman–Crippen MR) is 74.8 cm³/mol. The Morgan fingerprint density at radius 1 is 1.37 bits per heavy atom. The highest BCUT2D eigenvalue weighted by Gasteiger charge is 2.10. The second-order valence-electron chi connectivity index (χ2n) is 4.56. The Hall–Kier alpha value is -1.88. The zero-order valence-corrected chi connectivity index (χ0v) is 11.4. The van der Waals surface area contributed by atoms with Crippen molar-refractivity contribution in [1.82, 2.24) is 10.6 Å². The van der Waals surface area contributed by atoms with Crippen LogP contribution in [-0.2, 0) is 11.2 Å². The third kappa shape index (κ3) is 5.09. The Kier molecular flexibility index (Phi) is 6.02. The van der Waals surface area contributed by atoms with Gasteiger partial charge >= 0.3 is 0 Å². The van der Waals surface area contributed by atoms with E-state index in [-0.39, 0.29) is 11.8 Å². The average Bonchev–Trinajstić information content (AvgIpc) is 2.39. The molecule has 4 N–H and O–H groups in total. The molecule has 0 aliphatic heterocycles. The minimum atomic E-state index is -0.437. The fourth-order valence-electron chi connectivity index (χ4n) is 1.78. The van der Waals surface area contributed by atoms with Crippen LogP contribution < -0.4 is 16.4 Å². The molecular weight excluding hydrogens is 242 g/mol. The molecule has 0 radical (unpaired) electrons. The lowest BCUT2D eigenvalue weighted by Gasteiger charge is -2.11. The van der Waals surface area contributed by atoms with Gasteiger partial charge in [-0.15, -0.1) is 0 Å². The van der Waals surface area contributed by atoms with Crippen LogP contribution in [0.25, 0.3) is 0 Å². The number of carbonyl (C=O) groups excluding carboxylic acids is 2. The van der Waals surface area contributed by atoms with Crippen molar-refractivity contribution in [2.45, 2.75) is 13.3 Å². The third-order valence-corrected chi connectivity index (χ3v) is 2.88. The molecule has 104 valence electrons. The van der Waals surface area contributed by atoms with E-state index < -0.39 is 5.91 Å². The van der Waals surface area contributed by atoms with Gasteiger partial charge in [-0.1, -0.05) is 19.1 Å². The van der Waals surface area contributed by atoms with Crippen LogP contribution in [0.2, 0.25) is 0 Å². The maximum Gasteiger partial charge on any atom is 0.248 e. The highest BCUT2D eigenvalue weighted by Crippen LogP contribution is 2.05. The largest absolute Gasteiger partial charge is 0.366 e. The molecule has 19 heavy (non-hydrogen) atoms. The molecule has 5 nitrogen and oxygen atoms in total. The number of carbonyl (C=O) groups is 2. The molecule has 1 rings (SSSR count). The van der Waals surface area contributed by atoms with Crippen LogP contribution >= 0.6 is 0 Å². The van der Waals surface area contributed by atoms with Crippen molar-refractivity contribution in [1.29, 1.82) is 0 Å². The van der Waals surface area contributed by atoms with Crippen molar-refractivity contribution in [3.63, 3.8) is 0 Å². The van der Waals surface area contributed by atoms with Crippen molar-refractivity contribution < 1.29 is 9.59 Å². The molecular formula is C14H21N3O2. The standard InChI is InChI=1S/C14H21N3O2/c1-10(9-16-2)14(19)17-7-6-11-4-3-5-12(8-11)13(15)18/h3-5,8,10,16H,6-7,9H2,1-2H3,(H2,15,18)(H,17,19). The number of nitrogens with two attached hydrogens (primary N) is 1. The number of amides is 2. The van der Waals surface area contributed by atoms with Crippen LogP contribution in [0.15, 0.2) is 24.3 Å². The maximum atomic E-state index is 11.7. The van der Waals surface area contributed by atoms with Crippen LogP contribution in [0.3, 0.4) is 0 Å². The molecule has 0 bridgehead atoms. The molecule has 1 aromatic carbocycles. The van der Waals surface area contributed by atoms with Crippen LogP contribution in [0, 0.1) is 5.92 Å². The summed E-state index contributed by atoms with van der Waals surface area (Å²) in [6.07, 6.45) is 0.680. The van der Waals surface area contributed by atoms with E-state index in [9.17, 15) is 9.59 Å². The van der Waals surface area contributed by atoms with Gasteiger partial charge in [0.1, 0.15) is 0 Å². The normalized spacial score (nSPS) is 11.9. The number of benzene rings is 1. The SMILES string of the molecule is CNCC(C)C(=O)NCCc1cccc(C(N)=O)c1. The van der Waals surface area contributed by atoms with E-state index in [1.54, 1.807) is 18.2 Å². The fraction of sp³-hybridized carbons (Fsp3) is 0.429. The van der Waals surface area contributed by atoms with E-state index in [1.807, 2.05) is 20.0 Å². The first-order chi connectivity index (χ1) is 9.04. The summed E-state index contributed by atoms with van der Waals surface area (Å²) in [5.74, 6) is -0.462. The number of hydrogen-bond donors (Lipinski definition) is 3. The first kappa shape index (κ1) is 15.2. The summed E-state index contributed by atoms with van der Waals surface area (Å²) < 4.78 is 0. The highest BCUT2D eigenvalue weighted by atomic mass is 16.2. The van der Waals surface area contributed by atoms with Gasteiger partial charge in [0.15, 0.2) is 0 Å². The molecule has 2 amide bonds. The molecule has 0 fully saturated rings. The lowest BCUT2D eigenvalue weighted by molar-refractivity contribution is -0.124. The molecule has 1 aromatic rings. The van der Waals surface area contributed by atoms with Gasteiger partial charge in [0, 0.05) is 24.6 Å². The van der Waals surface area contributed by atoms with E-state index in [0.717, 1.165) is 5.56 Å². The number of nitrogens with one attached hydrogen (secondary N) is 2. The summed E-state index contributed by atoms with van der Waals surface area (Å²) in [6, 6.07) is 7.14. The van der Waals surface area contributed by atoms with Crippen molar-refractivity contribution in [3.8, 4) is 0 Å². The van der Waals surface area contributed by atoms with E-state index >= 15 is 0 Å². The molecule has 1 atom stereocenters. The second kappa shape index (κ2) is 7.53. The summed E-state index contributed by atoms with van der Waals surface area (Å²) in [5.41, 5.74) is 6.69. The smallest absolute Gasteiger partial charge is 0.248 e. The monoisotopic (exact) mass is 263 g/mol. The molecule has 0 heterocycles. The molecule has 0 saturated heterocycles. The molecule has 1 unspecified atom stereocenters. The Labute approximate surface area is 113 Å². The minimum Gasteiger partial charge on any atom is -0.366 e. The minimum absolute atomic E-state index is 0.0282. The Morgan fingerprint density at radius 3 is 2.74 bits per heavy atom. The van der Waals surface area contributed by atoms with Crippen LogP contribution in [0.1, 0.15) is 22.8 Å². The Balaban J connectivity index is 2.43. The first-order valence-corrected chi connectivity index (χ1v) is 6.35. The highest BCUT2D eigenvalue weighted by molar-refractivity contribution is 5.92. The van der Waals surface area contributed by atoms with Crippen LogP contribution in [0.4, 0.5) is 0 Å². The fourth-order valence-corrected chi connectivity index (χ4v) is 1.78. The van der Waals surface area contributed by atoms with Gasteiger partial charge in [-0.2, -0.15) is 0 Å². The lowest BCUT2D eigenvalue weighted by Crippen LogP contribution is -2.35. The number of rotatable bonds is 7. The summed E-state index contributed by atoms with van der Waals surface area (Å²) in [5, 5.41) is 5.83. The van der Waals surface area contributed by atoms with Crippen LogP contribution in [-0.4, -0.2) is 32.0 Å². The van der Waals surface area contributed by atoms with Crippen molar-refractivity contribution in [2.24, 2.45) is 11.7 Å². The average molecular weight is 263 g/mol. The zero-order valence-electron chi connectivity index (χ0n) is 11.4. The van der Waals surface area contributed by atoms with Gasteiger partial charge in [0.2, 0.25) is 11.8 Å². The lowest BCUT2D eigenvalue weighted by atomic mass is 10.1. The Morgan fingerprint density at radius 2 is 2.11 bits per heavy atom. The third-order valence-electron chi connectivity index (χ3n) is 2.88. The van der Waals surface area contributed by atoms with Gasteiger partial charge in [-0.3, -0.25) is 9.59 Å². The van der Waals surface area contributed by atoms with Gasteiger partial charge in [-0.25, -0.2) is 0 Å². The van der Waals surface area contributed by atoms with E-state index in [4.69, 9.17) is 5.73 Å². The van der Waals surface area contributed by atoms with Crippen molar-refractivity contribution in [2.75, 3.05) is 20.1 Å². The predicted octanol–water partition coefficient (Wildman–Crippen LogP) is 0.300. The second-order valence-corrected chi connectivity index (χ2v) is 4.56. The maximum absolute atomic E-state index is 11.7. The summed E-state index contributed by atoms with van der Waals surface area (Å²) in [4.78, 5) is 22.7. The number of hydrogen-bond acceptors (Lipinski definition) is 3. The van der Waals surface area contributed by atoms with Crippen molar-refractivity contribution >= 4 is 11.8 Å². The van der Waals surface area contributed by atoms with E-state index in [0.29, 0.717) is 25.1 Å². The summed E-state index contributed by atoms with van der Waals surface area (Å²) in [7, 11) is 1.82. The quantitative estimate of drug-likeness (QED) is 0.661.